The third kappa shape index (κ3) is 1.44. The Morgan fingerprint density at radius 1 is 1.32 bits per heavy atom. The molecule has 4 nitrogen and oxygen atoms in total. The highest BCUT2D eigenvalue weighted by Gasteiger charge is 2.70. The number of aliphatic hydroxyl groups is 1. The lowest BCUT2D eigenvalue weighted by molar-refractivity contribution is -0.153. The average molecular weight is 266 g/mol. The predicted octanol–water partition coefficient (Wildman–Crippen LogP) is 1.71. The van der Waals surface area contributed by atoms with E-state index in [1.165, 1.54) is 0 Å². The Morgan fingerprint density at radius 3 is 2.58 bits per heavy atom. The van der Waals surface area contributed by atoms with Gasteiger partial charge in [-0.2, -0.15) is 0 Å². The quantitative estimate of drug-likeness (QED) is 0.798. The average Bonchev–Trinajstić information content (AvgIpc) is 2.62. The van der Waals surface area contributed by atoms with E-state index in [1.807, 2.05) is 0 Å². The second kappa shape index (κ2) is 3.81. The third-order valence-corrected chi connectivity index (χ3v) is 6.30. The van der Waals surface area contributed by atoms with Gasteiger partial charge in [-0.3, -0.25) is 9.59 Å². The molecule has 3 aliphatic carbocycles. The normalized spacial score (nSPS) is 47.2. The molecule has 0 aromatic rings. The predicted molar refractivity (Wildman–Crippen MR) is 68.4 cm³/mol. The standard InChI is InChI=1S/C15H22O4/c1-14(2)7-15-9(13(18)19)4-3-8(14)10(15)5-12(17)11(15)6-16/h8-11,16H,3-7H2,1-2H3,(H,18,19)/t8-,9+,10-,11-,15-/m0/s1. The fraction of sp³-hybridized carbons (Fsp3) is 0.867. The Hall–Kier alpha value is -0.900. The van der Waals surface area contributed by atoms with E-state index < -0.39 is 23.2 Å². The topological polar surface area (TPSA) is 74.6 Å². The van der Waals surface area contributed by atoms with Crippen LogP contribution in [0.2, 0.25) is 0 Å². The summed E-state index contributed by atoms with van der Waals surface area (Å²) in [5, 5.41) is 19.2. The van der Waals surface area contributed by atoms with Crippen molar-refractivity contribution in [2.45, 2.75) is 39.5 Å². The Labute approximate surface area is 113 Å². The van der Waals surface area contributed by atoms with E-state index in [-0.39, 0.29) is 23.7 Å². The van der Waals surface area contributed by atoms with Gasteiger partial charge in [0.2, 0.25) is 0 Å². The molecule has 3 rings (SSSR count). The highest BCUT2D eigenvalue weighted by molar-refractivity contribution is 5.87. The number of carboxylic acid groups (broad SMARTS) is 1. The van der Waals surface area contributed by atoms with Gasteiger partial charge >= 0.3 is 5.97 Å². The molecule has 0 aromatic heterocycles. The Bertz CT molecular complexity index is 441. The first kappa shape index (κ1) is 13.1. The maximum Gasteiger partial charge on any atom is 0.307 e. The molecule has 3 aliphatic rings. The molecule has 0 saturated heterocycles. The van der Waals surface area contributed by atoms with Gasteiger partial charge in [-0.25, -0.2) is 0 Å². The van der Waals surface area contributed by atoms with Gasteiger partial charge in [0.1, 0.15) is 5.78 Å². The number of carbonyl (C=O) groups excluding carboxylic acids is 1. The molecule has 19 heavy (non-hydrogen) atoms. The largest absolute Gasteiger partial charge is 0.481 e. The van der Waals surface area contributed by atoms with Crippen LogP contribution in [0.1, 0.15) is 39.5 Å². The lowest BCUT2D eigenvalue weighted by Crippen LogP contribution is -2.46. The number of Topliss-reactive ketones (excluding diaryl/α,β-unsaturated/α-hetero) is 1. The van der Waals surface area contributed by atoms with Gasteiger partial charge in [-0.05, 0) is 41.9 Å². The van der Waals surface area contributed by atoms with Crippen LogP contribution in [0.15, 0.2) is 0 Å². The van der Waals surface area contributed by atoms with E-state index >= 15 is 0 Å². The Kier molecular flexibility index (Phi) is 2.63. The summed E-state index contributed by atoms with van der Waals surface area (Å²) in [4.78, 5) is 23.8. The number of aliphatic hydroxyl groups excluding tert-OH is 1. The number of ketones is 1. The molecule has 106 valence electrons. The van der Waals surface area contributed by atoms with Gasteiger partial charge in [0, 0.05) is 12.3 Å². The number of hydrogen-bond donors (Lipinski definition) is 2. The Balaban J connectivity index is 2.13. The third-order valence-electron chi connectivity index (χ3n) is 6.30. The molecular formula is C15H22O4. The molecule has 5 atom stereocenters. The van der Waals surface area contributed by atoms with Gasteiger partial charge < -0.3 is 10.2 Å². The van der Waals surface area contributed by atoms with E-state index in [1.54, 1.807) is 0 Å². The lowest BCUT2D eigenvalue weighted by atomic mass is 9.59. The van der Waals surface area contributed by atoms with Crippen LogP contribution < -0.4 is 0 Å². The van der Waals surface area contributed by atoms with Crippen molar-refractivity contribution in [3.63, 3.8) is 0 Å². The minimum Gasteiger partial charge on any atom is -0.481 e. The van der Waals surface area contributed by atoms with E-state index in [4.69, 9.17) is 0 Å². The summed E-state index contributed by atoms with van der Waals surface area (Å²) in [6, 6.07) is 0. The van der Waals surface area contributed by atoms with Crippen LogP contribution in [0.25, 0.3) is 0 Å². The maximum atomic E-state index is 12.2. The van der Waals surface area contributed by atoms with Gasteiger partial charge in [0.05, 0.1) is 12.5 Å². The zero-order valence-corrected chi connectivity index (χ0v) is 11.6. The molecule has 0 unspecified atom stereocenters. The molecule has 0 aliphatic heterocycles. The van der Waals surface area contributed by atoms with Crippen LogP contribution in [0.5, 0.6) is 0 Å². The monoisotopic (exact) mass is 266 g/mol. The van der Waals surface area contributed by atoms with Gasteiger partial charge in [0.15, 0.2) is 0 Å². The molecule has 2 N–H and O–H groups in total. The minimum absolute atomic E-state index is 0.0844. The summed E-state index contributed by atoms with van der Waals surface area (Å²) in [5.74, 6) is -1.01. The van der Waals surface area contributed by atoms with Crippen molar-refractivity contribution in [3.05, 3.63) is 0 Å². The summed E-state index contributed by atoms with van der Waals surface area (Å²) < 4.78 is 0. The molecule has 0 amide bonds. The van der Waals surface area contributed by atoms with Crippen LogP contribution in [-0.4, -0.2) is 28.6 Å². The number of carbonyl (C=O) groups is 2. The van der Waals surface area contributed by atoms with Crippen molar-refractivity contribution in [2.24, 2.45) is 34.5 Å². The zero-order chi connectivity index (χ0) is 14.0. The van der Waals surface area contributed by atoms with Crippen LogP contribution >= 0.6 is 0 Å². The molecule has 3 saturated carbocycles. The van der Waals surface area contributed by atoms with Crippen molar-refractivity contribution in [2.75, 3.05) is 6.61 Å². The lowest BCUT2D eigenvalue weighted by Gasteiger charge is -2.43. The molecule has 0 heterocycles. The van der Waals surface area contributed by atoms with Gasteiger partial charge in [0.25, 0.3) is 0 Å². The summed E-state index contributed by atoms with van der Waals surface area (Å²) >= 11 is 0. The first-order valence-corrected chi connectivity index (χ1v) is 7.21. The van der Waals surface area contributed by atoms with E-state index in [0.717, 1.165) is 12.8 Å². The summed E-state index contributed by atoms with van der Waals surface area (Å²) in [7, 11) is 0. The number of hydrogen-bond acceptors (Lipinski definition) is 3. The van der Waals surface area contributed by atoms with Crippen molar-refractivity contribution in [3.8, 4) is 0 Å². The van der Waals surface area contributed by atoms with Crippen molar-refractivity contribution < 1.29 is 19.8 Å². The van der Waals surface area contributed by atoms with Gasteiger partial charge in [-0.1, -0.05) is 13.8 Å². The summed E-state index contributed by atoms with van der Waals surface area (Å²) in [6.07, 6.45) is 2.80. The fourth-order valence-electron chi connectivity index (χ4n) is 5.80. The Morgan fingerprint density at radius 2 is 2.00 bits per heavy atom. The van der Waals surface area contributed by atoms with Crippen LogP contribution in [0.3, 0.4) is 0 Å². The highest BCUT2D eigenvalue weighted by Crippen LogP contribution is 2.72. The zero-order valence-electron chi connectivity index (χ0n) is 11.6. The van der Waals surface area contributed by atoms with E-state index in [9.17, 15) is 19.8 Å². The molecule has 0 spiro atoms. The summed E-state index contributed by atoms with van der Waals surface area (Å²) in [6.45, 7) is 4.20. The van der Waals surface area contributed by atoms with Crippen LogP contribution in [-0.2, 0) is 9.59 Å². The first-order valence-electron chi connectivity index (χ1n) is 7.21. The van der Waals surface area contributed by atoms with Crippen molar-refractivity contribution in [1.82, 2.24) is 0 Å². The number of rotatable bonds is 2. The SMILES string of the molecule is CC1(C)C[C@]23[C@@H](C(=O)O)CC[C@H]1[C@@H]2CC(=O)[C@@H]3CO. The molecule has 2 bridgehead atoms. The smallest absolute Gasteiger partial charge is 0.307 e. The van der Waals surface area contributed by atoms with Crippen molar-refractivity contribution >= 4 is 11.8 Å². The van der Waals surface area contributed by atoms with E-state index in [0.29, 0.717) is 18.8 Å². The maximum absolute atomic E-state index is 12.2. The first-order chi connectivity index (χ1) is 8.84. The number of aliphatic carboxylic acids is 1. The molecule has 0 radical (unpaired) electrons. The molecule has 0 aromatic carbocycles. The molecule has 4 heteroatoms. The van der Waals surface area contributed by atoms with Crippen LogP contribution in [0.4, 0.5) is 0 Å². The fourth-order valence-corrected chi connectivity index (χ4v) is 5.80. The molecular weight excluding hydrogens is 244 g/mol. The van der Waals surface area contributed by atoms with Gasteiger partial charge in [-0.15, -0.1) is 0 Å². The second-order valence-electron chi connectivity index (χ2n) is 7.36. The van der Waals surface area contributed by atoms with Crippen LogP contribution in [0, 0.1) is 34.5 Å². The molecule has 3 fully saturated rings. The minimum atomic E-state index is -0.783. The summed E-state index contributed by atoms with van der Waals surface area (Å²) in [5.41, 5.74) is -0.396. The number of carboxylic acids is 1. The second-order valence-corrected chi connectivity index (χ2v) is 7.36. The highest BCUT2D eigenvalue weighted by atomic mass is 16.4. The van der Waals surface area contributed by atoms with Crippen molar-refractivity contribution in [1.29, 1.82) is 0 Å². The van der Waals surface area contributed by atoms with E-state index in [2.05, 4.69) is 13.8 Å².